The van der Waals surface area contributed by atoms with E-state index in [1.165, 1.54) is 6.20 Å². The minimum atomic E-state index is -4.65. The molecule has 0 bridgehead atoms. The maximum Gasteiger partial charge on any atom is 0.394 e. The molecule has 1 aromatic heterocycles. The maximum atomic E-state index is 13.0. The van der Waals surface area contributed by atoms with Gasteiger partial charge in [0, 0.05) is 24.7 Å². The van der Waals surface area contributed by atoms with Gasteiger partial charge in [-0.3, -0.25) is 14.6 Å². The second-order valence-electron chi connectivity index (χ2n) is 6.10. The third-order valence-corrected chi connectivity index (χ3v) is 4.41. The first-order valence-corrected chi connectivity index (χ1v) is 7.66. The van der Waals surface area contributed by atoms with Gasteiger partial charge in [0.05, 0.1) is 23.8 Å². The van der Waals surface area contributed by atoms with Crippen LogP contribution in [0.1, 0.15) is 5.56 Å². The Morgan fingerprint density at radius 1 is 1.24 bits per heavy atom. The number of likely N-dealkylation sites (tertiary alicyclic amines) is 1. The summed E-state index contributed by atoms with van der Waals surface area (Å²) in [5.74, 6) is -5.73. The number of carbonyl (C=O) groups is 2. The van der Waals surface area contributed by atoms with Crippen LogP contribution >= 0.6 is 0 Å². The van der Waals surface area contributed by atoms with Gasteiger partial charge < -0.3 is 10.0 Å². The van der Waals surface area contributed by atoms with Gasteiger partial charge in [0.15, 0.2) is 0 Å². The molecule has 1 aliphatic rings. The molecule has 3 rings (SSSR count). The summed E-state index contributed by atoms with van der Waals surface area (Å²) in [6.45, 7) is -1.06. The van der Waals surface area contributed by atoms with Crippen molar-refractivity contribution in [3.05, 3.63) is 42.1 Å². The fraction of sp³-hybridized carbons (Fsp3) is 0.353. The highest BCUT2D eigenvalue weighted by molar-refractivity contribution is 5.83. The fourth-order valence-corrected chi connectivity index (χ4v) is 3.09. The van der Waals surface area contributed by atoms with E-state index in [-0.39, 0.29) is 6.42 Å². The number of para-hydroxylation sites is 1. The highest BCUT2D eigenvalue weighted by Gasteiger charge is 2.53. The average Bonchev–Trinajstić information content (AvgIpc) is 3.01. The first-order chi connectivity index (χ1) is 11.8. The number of alkyl halides is 3. The van der Waals surface area contributed by atoms with Crippen LogP contribution in [0, 0.1) is 11.8 Å². The number of hydrogen-bond acceptors (Lipinski definition) is 3. The van der Waals surface area contributed by atoms with Gasteiger partial charge >= 0.3 is 12.1 Å². The van der Waals surface area contributed by atoms with Crippen LogP contribution < -0.4 is 0 Å². The predicted molar refractivity (Wildman–Crippen MR) is 82.7 cm³/mol. The van der Waals surface area contributed by atoms with E-state index in [9.17, 15) is 22.8 Å². The number of pyridine rings is 1. The Bertz CT molecular complexity index is 822. The fourth-order valence-electron chi connectivity index (χ4n) is 3.09. The van der Waals surface area contributed by atoms with Crippen LogP contribution in [0.25, 0.3) is 10.9 Å². The summed E-state index contributed by atoms with van der Waals surface area (Å²) in [7, 11) is 0. The van der Waals surface area contributed by atoms with Crippen molar-refractivity contribution in [1.82, 2.24) is 9.88 Å². The molecule has 1 aliphatic heterocycles. The molecule has 1 saturated heterocycles. The molecule has 0 radical (unpaired) electrons. The Labute approximate surface area is 141 Å². The van der Waals surface area contributed by atoms with Crippen molar-refractivity contribution in [3.63, 3.8) is 0 Å². The van der Waals surface area contributed by atoms with Crippen molar-refractivity contribution in [3.8, 4) is 0 Å². The summed E-state index contributed by atoms with van der Waals surface area (Å²) in [4.78, 5) is 28.6. The van der Waals surface area contributed by atoms with Gasteiger partial charge in [-0.05, 0) is 17.7 Å². The number of carbonyl (C=O) groups excluding carboxylic acids is 1. The summed E-state index contributed by atoms with van der Waals surface area (Å²) in [6.07, 6.45) is -3.26. The van der Waals surface area contributed by atoms with Gasteiger partial charge in [-0.1, -0.05) is 18.2 Å². The van der Waals surface area contributed by atoms with Crippen LogP contribution in [0.3, 0.4) is 0 Å². The molecule has 5 nitrogen and oxygen atoms in total. The van der Waals surface area contributed by atoms with Gasteiger partial charge in [-0.15, -0.1) is 0 Å². The minimum absolute atomic E-state index is 0.116. The number of hydrogen-bond donors (Lipinski definition) is 1. The van der Waals surface area contributed by atoms with E-state index in [1.807, 2.05) is 24.3 Å². The number of rotatable bonds is 3. The molecular weight excluding hydrogens is 337 g/mol. The molecule has 2 aromatic rings. The van der Waals surface area contributed by atoms with Crippen LogP contribution in [0.2, 0.25) is 0 Å². The number of aromatic nitrogens is 1. The zero-order valence-electron chi connectivity index (χ0n) is 13.0. The zero-order chi connectivity index (χ0) is 18.2. The monoisotopic (exact) mass is 352 g/mol. The van der Waals surface area contributed by atoms with E-state index in [2.05, 4.69) is 4.98 Å². The lowest BCUT2D eigenvalue weighted by atomic mass is 9.96. The molecule has 132 valence electrons. The molecule has 0 unspecified atom stereocenters. The highest BCUT2D eigenvalue weighted by Crippen LogP contribution is 2.37. The van der Waals surface area contributed by atoms with Gasteiger partial charge in [0.1, 0.15) is 0 Å². The van der Waals surface area contributed by atoms with Crippen LogP contribution in [0.4, 0.5) is 13.2 Å². The topological polar surface area (TPSA) is 70.5 Å². The number of halogens is 3. The van der Waals surface area contributed by atoms with E-state index in [1.54, 1.807) is 6.07 Å². The van der Waals surface area contributed by atoms with Gasteiger partial charge in [-0.2, -0.15) is 13.2 Å². The van der Waals surface area contributed by atoms with E-state index in [0.717, 1.165) is 15.8 Å². The van der Waals surface area contributed by atoms with Crippen LogP contribution in [-0.4, -0.2) is 46.1 Å². The van der Waals surface area contributed by atoms with Crippen molar-refractivity contribution in [2.45, 2.75) is 12.6 Å². The summed E-state index contributed by atoms with van der Waals surface area (Å²) in [5, 5.41) is 9.83. The second kappa shape index (κ2) is 6.34. The number of aliphatic carboxylic acids is 1. The standard InChI is InChI=1S/C17H15F3N2O3/c18-17(19,20)13-9-22(8-12(13)16(24)25)15(23)6-10-5-11-3-1-2-4-14(11)21-7-10/h1-5,7,12-13H,6,8-9H2,(H,24,25)/t12-,13-/m1/s1. The molecular formula is C17H15F3N2O3. The maximum absolute atomic E-state index is 13.0. The third kappa shape index (κ3) is 3.57. The number of amides is 1. The Morgan fingerprint density at radius 3 is 2.60 bits per heavy atom. The van der Waals surface area contributed by atoms with E-state index < -0.39 is 43.0 Å². The zero-order valence-corrected chi connectivity index (χ0v) is 13.0. The van der Waals surface area contributed by atoms with Crippen molar-refractivity contribution >= 4 is 22.8 Å². The quantitative estimate of drug-likeness (QED) is 0.921. The summed E-state index contributed by atoms with van der Waals surface area (Å²) >= 11 is 0. The number of benzene rings is 1. The SMILES string of the molecule is O=C(O)[C@@H]1CN(C(=O)Cc2cnc3ccccc3c2)C[C@H]1C(F)(F)F. The first kappa shape index (κ1) is 17.2. The molecule has 2 atom stereocenters. The first-order valence-electron chi connectivity index (χ1n) is 7.66. The normalized spacial score (nSPS) is 20.8. The molecule has 1 aromatic carbocycles. The van der Waals surface area contributed by atoms with Crippen LogP contribution in [-0.2, 0) is 16.0 Å². The largest absolute Gasteiger partial charge is 0.481 e. The summed E-state index contributed by atoms with van der Waals surface area (Å²) < 4.78 is 39.0. The number of fused-ring (bicyclic) bond motifs is 1. The van der Waals surface area contributed by atoms with Gasteiger partial charge in [0.25, 0.3) is 0 Å². The molecule has 1 fully saturated rings. The number of nitrogens with zero attached hydrogens (tertiary/aromatic N) is 2. The summed E-state index contributed by atoms with van der Waals surface area (Å²) in [6, 6.07) is 9.04. The molecule has 0 spiro atoms. The van der Waals surface area contributed by atoms with Crippen molar-refractivity contribution in [2.24, 2.45) is 11.8 Å². The lowest BCUT2D eigenvalue weighted by molar-refractivity contribution is -0.188. The van der Waals surface area contributed by atoms with E-state index >= 15 is 0 Å². The molecule has 1 N–H and O–H groups in total. The highest BCUT2D eigenvalue weighted by atomic mass is 19.4. The Balaban J connectivity index is 1.75. The minimum Gasteiger partial charge on any atom is -0.481 e. The average molecular weight is 352 g/mol. The van der Waals surface area contributed by atoms with Gasteiger partial charge in [0.2, 0.25) is 5.91 Å². The number of carboxylic acid groups (broad SMARTS) is 1. The second-order valence-corrected chi connectivity index (χ2v) is 6.10. The molecule has 8 heteroatoms. The van der Waals surface area contributed by atoms with Crippen LogP contribution in [0.15, 0.2) is 36.5 Å². The van der Waals surface area contributed by atoms with Crippen molar-refractivity contribution in [2.75, 3.05) is 13.1 Å². The van der Waals surface area contributed by atoms with E-state index in [0.29, 0.717) is 5.56 Å². The molecule has 25 heavy (non-hydrogen) atoms. The van der Waals surface area contributed by atoms with Crippen molar-refractivity contribution in [1.29, 1.82) is 0 Å². The lowest BCUT2D eigenvalue weighted by Gasteiger charge is -2.18. The van der Waals surface area contributed by atoms with Crippen molar-refractivity contribution < 1.29 is 27.9 Å². The van der Waals surface area contributed by atoms with E-state index in [4.69, 9.17) is 5.11 Å². The molecule has 2 heterocycles. The molecule has 1 amide bonds. The number of carboxylic acids is 1. The smallest absolute Gasteiger partial charge is 0.394 e. The molecule has 0 saturated carbocycles. The summed E-state index contributed by atoms with van der Waals surface area (Å²) in [5.41, 5.74) is 1.33. The Morgan fingerprint density at radius 2 is 1.96 bits per heavy atom. The third-order valence-electron chi connectivity index (χ3n) is 4.41. The van der Waals surface area contributed by atoms with Gasteiger partial charge in [-0.25, -0.2) is 0 Å². The predicted octanol–water partition coefficient (Wildman–Crippen LogP) is 2.50. The lowest BCUT2D eigenvalue weighted by Crippen LogP contribution is -2.34. The Hall–Kier alpha value is -2.64. The Kier molecular flexibility index (Phi) is 4.36. The van der Waals surface area contributed by atoms with Crippen LogP contribution in [0.5, 0.6) is 0 Å². The molecule has 0 aliphatic carbocycles.